The summed E-state index contributed by atoms with van der Waals surface area (Å²) in [5, 5.41) is 4.19. The number of benzene rings is 1. The Kier molecular flexibility index (Phi) is 4.07. The lowest BCUT2D eigenvalue weighted by Gasteiger charge is -2.39. The van der Waals surface area contributed by atoms with Gasteiger partial charge in [-0.25, -0.2) is 0 Å². The standard InChI is InChI=1S/C19H24N4O2/c1-13(24)23-11-9-19(10-12-23,15-5-3-2-4-6-15)18-21-17(22-25-18)16(20)14-7-8-14/h2-6,14,16H,7-12,20H2,1H3. The van der Waals surface area contributed by atoms with Gasteiger partial charge in [-0.3, -0.25) is 4.79 Å². The number of nitrogens with two attached hydrogens (primary N) is 1. The van der Waals surface area contributed by atoms with Crippen LogP contribution in [0.3, 0.4) is 0 Å². The van der Waals surface area contributed by atoms with E-state index in [0.29, 0.717) is 30.7 Å². The molecular weight excluding hydrogens is 316 g/mol. The van der Waals surface area contributed by atoms with Crippen LogP contribution in [-0.4, -0.2) is 34.0 Å². The highest BCUT2D eigenvalue weighted by molar-refractivity contribution is 5.73. The third-order valence-electron chi connectivity index (χ3n) is 5.67. The Labute approximate surface area is 147 Å². The van der Waals surface area contributed by atoms with Crippen LogP contribution < -0.4 is 5.73 Å². The van der Waals surface area contributed by atoms with E-state index in [0.717, 1.165) is 31.2 Å². The van der Waals surface area contributed by atoms with Gasteiger partial charge in [-0.2, -0.15) is 4.98 Å². The van der Waals surface area contributed by atoms with Crippen molar-refractivity contribution in [3.8, 4) is 0 Å². The van der Waals surface area contributed by atoms with Gasteiger partial charge in [-0.05, 0) is 37.2 Å². The summed E-state index contributed by atoms with van der Waals surface area (Å²) < 4.78 is 5.71. The fourth-order valence-corrected chi connectivity index (χ4v) is 3.82. The Morgan fingerprint density at radius 2 is 1.96 bits per heavy atom. The van der Waals surface area contributed by atoms with Gasteiger partial charge < -0.3 is 15.2 Å². The predicted molar refractivity (Wildman–Crippen MR) is 92.7 cm³/mol. The molecule has 6 nitrogen and oxygen atoms in total. The van der Waals surface area contributed by atoms with E-state index in [1.54, 1.807) is 6.92 Å². The van der Waals surface area contributed by atoms with E-state index in [-0.39, 0.29) is 17.4 Å². The van der Waals surface area contributed by atoms with Crippen LogP contribution in [0.2, 0.25) is 0 Å². The molecule has 1 amide bonds. The van der Waals surface area contributed by atoms with E-state index in [1.807, 2.05) is 23.1 Å². The van der Waals surface area contributed by atoms with Gasteiger partial charge in [0, 0.05) is 20.0 Å². The number of carbonyl (C=O) groups is 1. The lowest BCUT2D eigenvalue weighted by atomic mass is 9.72. The molecule has 2 fully saturated rings. The Bertz CT molecular complexity index is 746. The molecule has 132 valence electrons. The third-order valence-corrected chi connectivity index (χ3v) is 5.67. The first kappa shape index (κ1) is 16.3. The van der Waals surface area contributed by atoms with Gasteiger partial charge in [0.25, 0.3) is 0 Å². The summed E-state index contributed by atoms with van der Waals surface area (Å²) >= 11 is 0. The van der Waals surface area contributed by atoms with E-state index in [9.17, 15) is 4.79 Å². The quantitative estimate of drug-likeness (QED) is 0.924. The van der Waals surface area contributed by atoms with Gasteiger partial charge in [-0.1, -0.05) is 35.5 Å². The predicted octanol–water partition coefficient (Wildman–Crippen LogP) is 2.41. The molecule has 2 aliphatic rings. The van der Waals surface area contributed by atoms with E-state index in [4.69, 9.17) is 15.2 Å². The van der Waals surface area contributed by atoms with Gasteiger partial charge in [0.2, 0.25) is 11.8 Å². The normalized spacial score (nSPS) is 21.1. The molecule has 1 aromatic heterocycles. The summed E-state index contributed by atoms with van der Waals surface area (Å²) in [7, 11) is 0. The Hall–Kier alpha value is -2.21. The van der Waals surface area contributed by atoms with E-state index < -0.39 is 0 Å². The van der Waals surface area contributed by atoms with Crippen molar-refractivity contribution in [3.05, 3.63) is 47.6 Å². The van der Waals surface area contributed by atoms with Gasteiger partial charge in [0.1, 0.15) is 0 Å². The average Bonchev–Trinajstić information content (AvgIpc) is 3.38. The van der Waals surface area contributed by atoms with Crippen molar-refractivity contribution in [2.75, 3.05) is 13.1 Å². The molecule has 6 heteroatoms. The smallest absolute Gasteiger partial charge is 0.237 e. The molecule has 1 aromatic carbocycles. The van der Waals surface area contributed by atoms with Crippen molar-refractivity contribution in [3.63, 3.8) is 0 Å². The monoisotopic (exact) mass is 340 g/mol. The minimum absolute atomic E-state index is 0.114. The molecule has 2 heterocycles. The van der Waals surface area contributed by atoms with Gasteiger partial charge in [0.05, 0.1) is 11.5 Å². The molecule has 4 rings (SSSR count). The van der Waals surface area contributed by atoms with Crippen molar-refractivity contribution in [1.82, 2.24) is 15.0 Å². The summed E-state index contributed by atoms with van der Waals surface area (Å²) in [5.41, 5.74) is 7.06. The van der Waals surface area contributed by atoms with Crippen LogP contribution in [0.25, 0.3) is 0 Å². The molecule has 1 saturated carbocycles. The topological polar surface area (TPSA) is 85.2 Å². The first-order valence-corrected chi connectivity index (χ1v) is 9.01. The van der Waals surface area contributed by atoms with E-state index >= 15 is 0 Å². The van der Waals surface area contributed by atoms with E-state index in [1.165, 1.54) is 0 Å². The molecule has 0 spiro atoms. The largest absolute Gasteiger partial charge is 0.343 e. The first-order chi connectivity index (χ1) is 12.1. The number of carbonyl (C=O) groups excluding carboxylic acids is 1. The highest BCUT2D eigenvalue weighted by atomic mass is 16.5. The minimum atomic E-state index is -0.346. The highest BCUT2D eigenvalue weighted by Crippen LogP contribution is 2.43. The van der Waals surface area contributed by atoms with Crippen LogP contribution in [-0.2, 0) is 10.2 Å². The van der Waals surface area contributed by atoms with Crippen LogP contribution >= 0.6 is 0 Å². The number of likely N-dealkylation sites (tertiary alicyclic amines) is 1. The van der Waals surface area contributed by atoms with Gasteiger partial charge >= 0.3 is 0 Å². The lowest BCUT2D eigenvalue weighted by Crippen LogP contribution is -2.45. The average molecular weight is 340 g/mol. The Morgan fingerprint density at radius 1 is 1.28 bits per heavy atom. The van der Waals surface area contributed by atoms with Crippen molar-refractivity contribution in [1.29, 1.82) is 0 Å². The van der Waals surface area contributed by atoms with Crippen LogP contribution in [0.1, 0.15) is 55.9 Å². The molecule has 1 atom stereocenters. The molecule has 0 radical (unpaired) electrons. The molecular formula is C19H24N4O2. The maximum Gasteiger partial charge on any atom is 0.237 e. The first-order valence-electron chi connectivity index (χ1n) is 9.01. The summed E-state index contributed by atoms with van der Waals surface area (Å²) in [5.74, 6) is 1.84. The van der Waals surface area contributed by atoms with Crippen LogP contribution in [0, 0.1) is 5.92 Å². The summed E-state index contributed by atoms with van der Waals surface area (Å²) in [6.45, 7) is 3.00. The van der Waals surface area contributed by atoms with Crippen molar-refractivity contribution < 1.29 is 9.32 Å². The zero-order chi connectivity index (χ0) is 17.4. The van der Waals surface area contributed by atoms with Gasteiger partial charge in [0.15, 0.2) is 5.82 Å². The lowest BCUT2D eigenvalue weighted by molar-refractivity contribution is -0.130. The zero-order valence-electron chi connectivity index (χ0n) is 14.5. The molecule has 2 aromatic rings. The maximum absolute atomic E-state index is 11.7. The van der Waals surface area contributed by atoms with E-state index in [2.05, 4.69) is 17.3 Å². The number of hydrogen-bond acceptors (Lipinski definition) is 5. The number of amides is 1. The Morgan fingerprint density at radius 3 is 2.56 bits per heavy atom. The summed E-state index contributed by atoms with van der Waals surface area (Å²) in [4.78, 5) is 18.3. The van der Waals surface area contributed by atoms with Crippen molar-refractivity contribution in [2.24, 2.45) is 11.7 Å². The second kappa shape index (κ2) is 6.26. The molecule has 1 aliphatic heterocycles. The summed E-state index contributed by atoms with van der Waals surface area (Å²) in [6, 6.07) is 10.1. The number of hydrogen-bond donors (Lipinski definition) is 1. The molecule has 2 N–H and O–H groups in total. The highest BCUT2D eigenvalue weighted by Gasteiger charge is 2.44. The maximum atomic E-state index is 11.7. The van der Waals surface area contributed by atoms with Crippen molar-refractivity contribution in [2.45, 2.75) is 44.1 Å². The van der Waals surface area contributed by atoms with Crippen LogP contribution in [0.15, 0.2) is 34.9 Å². The molecule has 25 heavy (non-hydrogen) atoms. The van der Waals surface area contributed by atoms with Crippen molar-refractivity contribution >= 4 is 5.91 Å². The van der Waals surface area contributed by atoms with Crippen LogP contribution in [0.5, 0.6) is 0 Å². The number of rotatable bonds is 4. The minimum Gasteiger partial charge on any atom is -0.343 e. The molecule has 1 aliphatic carbocycles. The number of piperidine rings is 1. The SMILES string of the molecule is CC(=O)N1CCC(c2ccccc2)(c2nc(C(N)C3CC3)no2)CC1. The second-order valence-corrected chi connectivity index (χ2v) is 7.28. The third kappa shape index (κ3) is 2.95. The number of aromatic nitrogens is 2. The van der Waals surface area contributed by atoms with Gasteiger partial charge in [-0.15, -0.1) is 0 Å². The van der Waals surface area contributed by atoms with Crippen LogP contribution in [0.4, 0.5) is 0 Å². The Balaban J connectivity index is 1.68. The fraction of sp³-hybridized carbons (Fsp3) is 0.526. The molecule has 1 unspecified atom stereocenters. The zero-order valence-corrected chi connectivity index (χ0v) is 14.5. The second-order valence-electron chi connectivity index (χ2n) is 7.28. The molecule has 1 saturated heterocycles. The summed E-state index contributed by atoms with van der Waals surface area (Å²) in [6.07, 6.45) is 3.83. The fourth-order valence-electron chi connectivity index (χ4n) is 3.82. The number of nitrogens with zero attached hydrogens (tertiary/aromatic N) is 3. The molecule has 0 bridgehead atoms.